The van der Waals surface area contributed by atoms with Crippen molar-refractivity contribution in [1.29, 1.82) is 0 Å². The summed E-state index contributed by atoms with van der Waals surface area (Å²) < 4.78 is 38.1. The van der Waals surface area contributed by atoms with Crippen molar-refractivity contribution < 1.29 is 13.2 Å². The van der Waals surface area contributed by atoms with Gasteiger partial charge in [0.2, 0.25) is 5.95 Å². The van der Waals surface area contributed by atoms with E-state index in [1.807, 2.05) is 25.3 Å². The second-order valence-electron chi connectivity index (χ2n) is 8.27. The van der Waals surface area contributed by atoms with Crippen molar-refractivity contribution in [2.75, 3.05) is 5.32 Å². The first-order valence-corrected chi connectivity index (χ1v) is 11.1. The van der Waals surface area contributed by atoms with Gasteiger partial charge in [0.1, 0.15) is 5.56 Å². The molecule has 33 heavy (non-hydrogen) atoms. The van der Waals surface area contributed by atoms with Gasteiger partial charge in [0.05, 0.1) is 0 Å². The molecule has 8 heteroatoms. The summed E-state index contributed by atoms with van der Waals surface area (Å²) in [7, 11) is 0. The Kier molecular flexibility index (Phi) is 7.89. The summed E-state index contributed by atoms with van der Waals surface area (Å²) in [6.45, 7) is 6.39. The average Bonchev–Trinajstić information content (AvgIpc) is 3.58. The number of unbranched alkanes of at least 4 members (excludes halogenated alkanes) is 1. The van der Waals surface area contributed by atoms with Gasteiger partial charge in [0.15, 0.2) is 0 Å². The van der Waals surface area contributed by atoms with Crippen LogP contribution in [-0.4, -0.2) is 14.5 Å². The van der Waals surface area contributed by atoms with Gasteiger partial charge in [-0.3, -0.25) is 4.79 Å². The molecule has 0 atom stereocenters. The van der Waals surface area contributed by atoms with Crippen LogP contribution < -0.4 is 10.9 Å². The van der Waals surface area contributed by atoms with Crippen molar-refractivity contribution in [2.24, 2.45) is 0 Å². The molecule has 1 fully saturated rings. The van der Waals surface area contributed by atoms with E-state index < -0.39 is 17.3 Å². The van der Waals surface area contributed by atoms with Gasteiger partial charge >= 0.3 is 6.18 Å². The molecule has 0 amide bonds. The number of aryl methyl sites for hydroxylation is 3. The van der Waals surface area contributed by atoms with E-state index in [0.717, 1.165) is 28.4 Å². The molecule has 1 aromatic carbocycles. The highest BCUT2D eigenvalue weighted by molar-refractivity contribution is 5.54. The summed E-state index contributed by atoms with van der Waals surface area (Å²) in [5.41, 5.74) is 2.62. The summed E-state index contributed by atoms with van der Waals surface area (Å²) >= 11 is 0. The third kappa shape index (κ3) is 6.91. The number of hydrogen-bond acceptors (Lipinski definition) is 4. The molecule has 0 aliphatic heterocycles. The van der Waals surface area contributed by atoms with E-state index >= 15 is 0 Å². The van der Waals surface area contributed by atoms with Crippen LogP contribution in [0.15, 0.2) is 53.6 Å². The smallest absolute Gasteiger partial charge is 0.324 e. The highest BCUT2D eigenvalue weighted by Crippen LogP contribution is 2.41. The van der Waals surface area contributed by atoms with E-state index in [9.17, 15) is 18.0 Å². The number of anilines is 2. The van der Waals surface area contributed by atoms with Crippen LogP contribution in [-0.2, 0) is 12.7 Å². The Hall–Kier alpha value is -3.16. The van der Waals surface area contributed by atoms with Gasteiger partial charge in [-0.1, -0.05) is 25.5 Å². The SMILES string of the molecule is CCCCn1cccc(C(F)(F)F)c1=O.Cc1cccc(Nc2ncc(C3CC3)c(C)n2)c1. The highest BCUT2D eigenvalue weighted by Gasteiger charge is 2.34. The van der Waals surface area contributed by atoms with Crippen LogP contribution in [0.5, 0.6) is 0 Å². The number of hydrogen-bond donors (Lipinski definition) is 1. The molecule has 4 rings (SSSR count). The molecule has 1 aliphatic rings. The maximum Gasteiger partial charge on any atom is 0.421 e. The number of nitrogens with zero attached hydrogens (tertiary/aromatic N) is 3. The first-order chi connectivity index (χ1) is 15.7. The van der Waals surface area contributed by atoms with Crippen LogP contribution in [0.25, 0.3) is 0 Å². The molecule has 5 nitrogen and oxygen atoms in total. The molecule has 0 spiro atoms. The Morgan fingerprint density at radius 3 is 2.52 bits per heavy atom. The molecule has 2 heterocycles. The molecule has 1 N–H and O–H groups in total. The molecule has 2 aromatic heterocycles. The van der Waals surface area contributed by atoms with E-state index in [1.54, 1.807) is 0 Å². The Morgan fingerprint density at radius 2 is 1.91 bits per heavy atom. The van der Waals surface area contributed by atoms with Gasteiger partial charge < -0.3 is 9.88 Å². The summed E-state index contributed by atoms with van der Waals surface area (Å²) in [5.74, 6) is 1.39. The molecule has 0 radical (unpaired) electrons. The highest BCUT2D eigenvalue weighted by atomic mass is 19.4. The summed E-state index contributed by atoms with van der Waals surface area (Å²) in [6.07, 6.45) is 2.89. The maximum atomic E-state index is 12.3. The summed E-state index contributed by atoms with van der Waals surface area (Å²) in [4.78, 5) is 20.3. The molecule has 1 saturated carbocycles. The van der Waals surface area contributed by atoms with Crippen molar-refractivity contribution in [3.63, 3.8) is 0 Å². The Balaban J connectivity index is 0.000000190. The van der Waals surface area contributed by atoms with Gasteiger partial charge in [0.25, 0.3) is 5.56 Å². The van der Waals surface area contributed by atoms with Crippen LogP contribution in [0.3, 0.4) is 0 Å². The number of benzene rings is 1. The number of pyridine rings is 1. The van der Waals surface area contributed by atoms with Gasteiger partial charge in [0, 0.05) is 30.3 Å². The third-order valence-electron chi connectivity index (χ3n) is 5.39. The number of rotatable bonds is 6. The van der Waals surface area contributed by atoms with Gasteiger partial charge in [-0.25, -0.2) is 9.97 Å². The molecule has 0 saturated heterocycles. The van der Waals surface area contributed by atoms with E-state index in [4.69, 9.17) is 0 Å². The van der Waals surface area contributed by atoms with Crippen LogP contribution >= 0.6 is 0 Å². The lowest BCUT2D eigenvalue weighted by molar-refractivity contribution is -0.139. The third-order valence-corrected chi connectivity index (χ3v) is 5.39. The fourth-order valence-electron chi connectivity index (χ4n) is 3.44. The second-order valence-corrected chi connectivity index (χ2v) is 8.27. The zero-order valence-electron chi connectivity index (χ0n) is 19.1. The van der Waals surface area contributed by atoms with Crippen molar-refractivity contribution in [2.45, 2.75) is 65.1 Å². The minimum Gasteiger partial charge on any atom is -0.324 e. The lowest BCUT2D eigenvalue weighted by atomic mass is 10.1. The summed E-state index contributed by atoms with van der Waals surface area (Å²) in [5, 5.41) is 3.25. The maximum absolute atomic E-state index is 12.3. The van der Waals surface area contributed by atoms with Crippen molar-refractivity contribution >= 4 is 11.6 Å². The molecule has 176 valence electrons. The molecule has 3 aromatic rings. The second kappa shape index (κ2) is 10.6. The van der Waals surface area contributed by atoms with Crippen LogP contribution in [0, 0.1) is 13.8 Å². The standard InChI is InChI=1S/C15H17N3.C10H12F3NO/c1-10-4-3-5-13(8-10)18-15-16-9-14(11(2)17-15)12-6-7-12;1-2-3-6-14-7-4-5-8(9(14)15)10(11,12)13/h3-5,8-9,12H,6-7H2,1-2H3,(H,16,17,18);4-5,7H,2-3,6H2,1H3. The fraction of sp³-hybridized carbons (Fsp3) is 0.400. The largest absolute Gasteiger partial charge is 0.421 e. The summed E-state index contributed by atoms with van der Waals surface area (Å²) in [6, 6.07) is 10.3. The van der Waals surface area contributed by atoms with Gasteiger partial charge in [-0.2, -0.15) is 13.2 Å². The molecule has 0 bridgehead atoms. The first kappa shape index (κ1) is 24.5. The van der Waals surface area contributed by atoms with Crippen LogP contribution in [0.4, 0.5) is 24.8 Å². The van der Waals surface area contributed by atoms with Crippen LogP contribution in [0.2, 0.25) is 0 Å². The Bertz CT molecular complexity index is 1140. The molecule has 0 unspecified atom stereocenters. The number of nitrogens with one attached hydrogen (secondary N) is 1. The van der Waals surface area contributed by atoms with Crippen molar-refractivity contribution in [3.8, 4) is 0 Å². The minimum absolute atomic E-state index is 0.333. The predicted octanol–water partition coefficient (Wildman–Crippen LogP) is 6.38. The van der Waals surface area contributed by atoms with Gasteiger partial charge in [-0.05, 0) is 74.4 Å². The van der Waals surface area contributed by atoms with Crippen molar-refractivity contribution in [1.82, 2.24) is 14.5 Å². The van der Waals surface area contributed by atoms with Gasteiger partial charge in [-0.15, -0.1) is 0 Å². The first-order valence-electron chi connectivity index (χ1n) is 11.1. The van der Waals surface area contributed by atoms with E-state index in [-0.39, 0.29) is 0 Å². The normalized spacial score (nSPS) is 13.3. The van der Waals surface area contributed by atoms with Crippen LogP contribution in [0.1, 0.15) is 60.9 Å². The zero-order chi connectivity index (χ0) is 24.0. The number of alkyl halides is 3. The Morgan fingerprint density at radius 1 is 1.15 bits per heavy atom. The molecular formula is C25H29F3N4O. The van der Waals surface area contributed by atoms with E-state index in [0.29, 0.717) is 24.8 Å². The minimum atomic E-state index is -4.56. The lowest BCUT2D eigenvalue weighted by Crippen LogP contribution is -2.27. The van der Waals surface area contributed by atoms with Crippen molar-refractivity contribution in [3.05, 3.63) is 81.5 Å². The number of aromatic nitrogens is 3. The van der Waals surface area contributed by atoms with E-state index in [1.165, 1.54) is 36.2 Å². The zero-order valence-corrected chi connectivity index (χ0v) is 19.1. The Labute approximate surface area is 191 Å². The lowest BCUT2D eigenvalue weighted by Gasteiger charge is -2.09. The topological polar surface area (TPSA) is 59.8 Å². The predicted molar refractivity (Wildman–Crippen MR) is 124 cm³/mol. The monoisotopic (exact) mass is 458 g/mol. The molecular weight excluding hydrogens is 429 g/mol. The molecule has 1 aliphatic carbocycles. The fourth-order valence-corrected chi connectivity index (χ4v) is 3.44. The average molecular weight is 459 g/mol. The quantitative estimate of drug-likeness (QED) is 0.466. The van der Waals surface area contributed by atoms with E-state index in [2.05, 4.69) is 41.3 Å². The number of halogens is 3.